The molecule has 0 aliphatic rings. The fourth-order valence-electron chi connectivity index (χ4n) is 1.36. The molecule has 0 atom stereocenters. The Hall–Kier alpha value is -1.93. The molecule has 0 saturated heterocycles. The molecule has 2 N–H and O–H groups in total. The summed E-state index contributed by atoms with van der Waals surface area (Å²) in [5.41, 5.74) is 0.365. The number of nitrogens with zero attached hydrogens (tertiary/aromatic N) is 1. The van der Waals surface area contributed by atoms with E-state index >= 15 is 0 Å². The molecule has 0 unspecified atom stereocenters. The van der Waals surface area contributed by atoms with Crippen LogP contribution in [-0.4, -0.2) is 17.6 Å². The van der Waals surface area contributed by atoms with E-state index in [1.807, 2.05) is 0 Å². The van der Waals surface area contributed by atoms with Gasteiger partial charge in [0.1, 0.15) is 0 Å². The van der Waals surface area contributed by atoms with Crippen LogP contribution in [0.5, 0.6) is 0 Å². The average molecular weight is 284 g/mol. The molecule has 0 aliphatic heterocycles. The van der Waals surface area contributed by atoms with Crippen molar-refractivity contribution < 1.29 is 31.5 Å². The first-order valence-electron chi connectivity index (χ1n) is 5.01. The van der Waals surface area contributed by atoms with Gasteiger partial charge >= 0.3 is 12.1 Å². The predicted octanol–water partition coefficient (Wildman–Crippen LogP) is 2.80. The molecule has 0 fully saturated rings. The van der Waals surface area contributed by atoms with Crippen LogP contribution in [0.15, 0.2) is 6.20 Å². The van der Waals surface area contributed by atoms with Crippen LogP contribution in [0.2, 0.25) is 0 Å². The van der Waals surface area contributed by atoms with Crippen molar-refractivity contribution in [2.75, 3.05) is 12.3 Å². The topological polar surface area (TPSA) is 65.2 Å². The summed E-state index contributed by atoms with van der Waals surface area (Å²) in [7, 11) is 0. The number of esters is 1. The number of rotatable bonds is 3. The summed E-state index contributed by atoms with van der Waals surface area (Å²) in [5.74, 6) is -1.34. The lowest BCUT2D eigenvalue weighted by Crippen LogP contribution is -2.19. The van der Waals surface area contributed by atoms with E-state index in [9.17, 15) is 26.7 Å². The van der Waals surface area contributed by atoms with E-state index < -0.39 is 41.1 Å². The minimum atomic E-state index is -4.95. The number of nitrogens with two attached hydrogens (primary N) is 1. The maximum absolute atomic E-state index is 12.7. The lowest BCUT2D eigenvalue weighted by Gasteiger charge is -2.15. The van der Waals surface area contributed by atoms with Crippen molar-refractivity contribution in [2.45, 2.75) is 19.5 Å². The zero-order chi connectivity index (χ0) is 14.8. The maximum atomic E-state index is 12.7. The van der Waals surface area contributed by atoms with Crippen molar-refractivity contribution in [1.82, 2.24) is 4.98 Å². The van der Waals surface area contributed by atoms with Gasteiger partial charge in [0.25, 0.3) is 6.43 Å². The standard InChI is InChI=1S/C10H9F5N2O2/c1-2-19-9(18)5-4(8(11)12)3-17-7(6(5)16)10(13,14)15/h3,8H,2,16H2,1H3. The van der Waals surface area contributed by atoms with Gasteiger partial charge in [-0.3, -0.25) is 0 Å². The number of aromatic nitrogens is 1. The summed E-state index contributed by atoms with van der Waals surface area (Å²) in [4.78, 5) is 14.3. The van der Waals surface area contributed by atoms with Crippen molar-refractivity contribution >= 4 is 11.7 Å². The second kappa shape index (κ2) is 5.37. The summed E-state index contributed by atoms with van der Waals surface area (Å²) in [6.45, 7) is 1.19. The minimum absolute atomic E-state index is 0.190. The van der Waals surface area contributed by atoms with Gasteiger partial charge in [-0.1, -0.05) is 0 Å². The van der Waals surface area contributed by atoms with Gasteiger partial charge in [0.2, 0.25) is 0 Å². The predicted molar refractivity (Wildman–Crippen MR) is 54.6 cm³/mol. The molecule has 0 aliphatic carbocycles. The number of pyridine rings is 1. The summed E-state index contributed by atoms with van der Waals surface area (Å²) in [6, 6.07) is 0. The number of hydrogen-bond donors (Lipinski definition) is 1. The molecule has 1 rings (SSSR count). The quantitative estimate of drug-likeness (QED) is 0.684. The molecular formula is C10H9F5N2O2. The number of alkyl halides is 5. The highest BCUT2D eigenvalue weighted by Gasteiger charge is 2.38. The van der Waals surface area contributed by atoms with Gasteiger partial charge in [0, 0.05) is 6.20 Å². The Labute approximate surface area is 104 Å². The molecular weight excluding hydrogens is 275 g/mol. The van der Waals surface area contributed by atoms with E-state index in [-0.39, 0.29) is 12.8 Å². The highest BCUT2D eigenvalue weighted by Crippen LogP contribution is 2.36. The maximum Gasteiger partial charge on any atom is 0.435 e. The number of ether oxygens (including phenoxy) is 1. The van der Waals surface area contributed by atoms with Gasteiger partial charge in [-0.15, -0.1) is 0 Å². The number of hydrogen-bond acceptors (Lipinski definition) is 4. The van der Waals surface area contributed by atoms with Gasteiger partial charge in [-0.25, -0.2) is 18.6 Å². The van der Waals surface area contributed by atoms with E-state index in [2.05, 4.69) is 9.72 Å². The SMILES string of the molecule is CCOC(=O)c1c(C(F)F)cnc(C(F)(F)F)c1N. The second-order valence-corrected chi connectivity index (χ2v) is 3.37. The van der Waals surface area contributed by atoms with Crippen LogP contribution in [0.25, 0.3) is 0 Å². The van der Waals surface area contributed by atoms with Gasteiger partial charge in [0.15, 0.2) is 5.69 Å². The van der Waals surface area contributed by atoms with Crippen LogP contribution in [0.3, 0.4) is 0 Å². The molecule has 0 saturated carbocycles. The number of carbonyl (C=O) groups is 1. The molecule has 0 amide bonds. The first kappa shape index (κ1) is 15.1. The largest absolute Gasteiger partial charge is 0.462 e. The fraction of sp³-hybridized carbons (Fsp3) is 0.400. The molecule has 4 nitrogen and oxygen atoms in total. The zero-order valence-corrected chi connectivity index (χ0v) is 9.59. The van der Waals surface area contributed by atoms with Crippen LogP contribution < -0.4 is 5.73 Å². The Morgan fingerprint density at radius 3 is 2.47 bits per heavy atom. The Kier molecular flexibility index (Phi) is 4.28. The molecule has 0 bridgehead atoms. The molecule has 0 spiro atoms. The lowest BCUT2D eigenvalue weighted by molar-refractivity contribution is -0.140. The normalized spacial score (nSPS) is 11.7. The van der Waals surface area contributed by atoms with Gasteiger partial charge in [-0.05, 0) is 6.92 Å². The van der Waals surface area contributed by atoms with E-state index in [1.165, 1.54) is 6.92 Å². The van der Waals surface area contributed by atoms with E-state index in [0.717, 1.165) is 0 Å². The minimum Gasteiger partial charge on any atom is -0.462 e. The van der Waals surface area contributed by atoms with Crippen LogP contribution >= 0.6 is 0 Å². The molecule has 9 heteroatoms. The summed E-state index contributed by atoms with van der Waals surface area (Å²) in [5, 5.41) is 0. The third kappa shape index (κ3) is 3.09. The number of nitrogen functional groups attached to an aromatic ring is 1. The Bertz CT molecular complexity index is 488. The first-order valence-corrected chi connectivity index (χ1v) is 5.01. The highest BCUT2D eigenvalue weighted by molar-refractivity contribution is 5.97. The average Bonchev–Trinajstić information content (AvgIpc) is 2.26. The molecule has 1 aromatic heterocycles. The third-order valence-corrected chi connectivity index (χ3v) is 2.13. The molecule has 1 aromatic rings. The van der Waals surface area contributed by atoms with Crippen molar-refractivity contribution in [2.24, 2.45) is 0 Å². The van der Waals surface area contributed by atoms with Gasteiger partial charge < -0.3 is 10.5 Å². The van der Waals surface area contributed by atoms with Crippen molar-refractivity contribution in [3.63, 3.8) is 0 Å². The second-order valence-electron chi connectivity index (χ2n) is 3.37. The number of halogens is 5. The van der Waals surface area contributed by atoms with Crippen molar-refractivity contribution in [3.8, 4) is 0 Å². The summed E-state index contributed by atoms with van der Waals surface area (Å²) < 4.78 is 67.3. The van der Waals surface area contributed by atoms with Gasteiger partial charge in [0.05, 0.1) is 23.4 Å². The van der Waals surface area contributed by atoms with E-state index in [1.54, 1.807) is 0 Å². The molecule has 0 aromatic carbocycles. The Morgan fingerprint density at radius 2 is 2.05 bits per heavy atom. The molecule has 19 heavy (non-hydrogen) atoms. The third-order valence-electron chi connectivity index (χ3n) is 2.13. The Morgan fingerprint density at radius 1 is 1.47 bits per heavy atom. The Balaban J connectivity index is 3.49. The fourth-order valence-corrected chi connectivity index (χ4v) is 1.36. The van der Waals surface area contributed by atoms with Crippen LogP contribution in [-0.2, 0) is 10.9 Å². The smallest absolute Gasteiger partial charge is 0.435 e. The summed E-state index contributed by atoms with van der Waals surface area (Å²) in [6.07, 6.45) is -7.88. The van der Waals surface area contributed by atoms with Crippen molar-refractivity contribution in [3.05, 3.63) is 23.0 Å². The van der Waals surface area contributed by atoms with Crippen molar-refractivity contribution in [1.29, 1.82) is 0 Å². The van der Waals surface area contributed by atoms with Crippen LogP contribution in [0, 0.1) is 0 Å². The molecule has 0 radical (unpaired) electrons. The first-order chi connectivity index (χ1) is 8.70. The zero-order valence-electron chi connectivity index (χ0n) is 9.59. The van der Waals surface area contributed by atoms with E-state index in [0.29, 0.717) is 0 Å². The molecule has 1 heterocycles. The van der Waals surface area contributed by atoms with Gasteiger partial charge in [-0.2, -0.15) is 13.2 Å². The van der Waals surface area contributed by atoms with Crippen LogP contribution in [0.1, 0.15) is 35.0 Å². The van der Waals surface area contributed by atoms with Crippen LogP contribution in [0.4, 0.5) is 27.6 Å². The lowest BCUT2D eigenvalue weighted by atomic mass is 10.1. The number of carbonyl (C=O) groups excluding carboxylic acids is 1. The molecule has 106 valence electrons. The summed E-state index contributed by atoms with van der Waals surface area (Å²) >= 11 is 0. The highest BCUT2D eigenvalue weighted by atomic mass is 19.4. The monoisotopic (exact) mass is 284 g/mol. The van der Waals surface area contributed by atoms with E-state index in [4.69, 9.17) is 5.73 Å². The number of anilines is 1.